The Morgan fingerprint density at radius 1 is 1.11 bits per heavy atom. The van der Waals surface area contributed by atoms with E-state index in [9.17, 15) is 0 Å². The van der Waals surface area contributed by atoms with Gasteiger partial charge >= 0.3 is 6.01 Å². The molecule has 2 aromatic rings. The highest BCUT2D eigenvalue weighted by atomic mass is 16.5. The highest BCUT2D eigenvalue weighted by Gasteiger charge is 2.31. The summed E-state index contributed by atoms with van der Waals surface area (Å²) in [5.41, 5.74) is 7.46. The highest BCUT2D eigenvalue weighted by Crippen LogP contribution is 2.34. The number of hydrogen-bond donors (Lipinski definition) is 1. The fraction of sp³-hybridized carbons (Fsp3) is 0.737. The Labute approximate surface area is 165 Å². The number of nitrogens with zero attached hydrogens (tertiary/aromatic N) is 6. The van der Waals surface area contributed by atoms with Gasteiger partial charge in [-0.2, -0.15) is 15.0 Å². The number of likely N-dealkylation sites (tertiary alicyclic amines) is 2. The lowest BCUT2D eigenvalue weighted by molar-refractivity contribution is 0.0474. The van der Waals surface area contributed by atoms with Crippen molar-refractivity contribution in [2.24, 2.45) is 0 Å². The molecule has 4 rings (SSSR count). The van der Waals surface area contributed by atoms with Gasteiger partial charge in [0.25, 0.3) is 6.01 Å². The first-order valence-corrected chi connectivity index (χ1v) is 10.4. The number of aromatic nitrogens is 4. The molecule has 2 N–H and O–H groups in total. The van der Waals surface area contributed by atoms with Crippen molar-refractivity contribution in [3.8, 4) is 12.0 Å². The molecule has 2 aliphatic heterocycles. The van der Waals surface area contributed by atoms with Gasteiger partial charge in [0.15, 0.2) is 17.0 Å². The number of unbranched alkanes of at least 4 members (excludes halogenated alkanes) is 1. The molecule has 2 aliphatic rings. The fourth-order valence-electron chi connectivity index (χ4n) is 3.76. The van der Waals surface area contributed by atoms with Gasteiger partial charge in [-0.25, -0.2) is 0 Å². The normalized spacial score (nSPS) is 18.6. The van der Waals surface area contributed by atoms with Crippen molar-refractivity contribution in [3.63, 3.8) is 0 Å². The van der Waals surface area contributed by atoms with Gasteiger partial charge in [0.2, 0.25) is 0 Å². The molecular formula is C19H31N7O2. The summed E-state index contributed by atoms with van der Waals surface area (Å²) in [7, 11) is 1.64. The molecule has 2 saturated heterocycles. The van der Waals surface area contributed by atoms with E-state index >= 15 is 0 Å². The predicted molar refractivity (Wildman–Crippen MR) is 108 cm³/mol. The summed E-state index contributed by atoms with van der Waals surface area (Å²) < 4.78 is 13.4. The smallest absolute Gasteiger partial charge is 0.320 e. The Balaban J connectivity index is 1.68. The van der Waals surface area contributed by atoms with Crippen LogP contribution < -0.4 is 15.2 Å². The lowest BCUT2D eigenvalue weighted by Crippen LogP contribution is -2.45. The van der Waals surface area contributed by atoms with Crippen molar-refractivity contribution in [2.45, 2.75) is 45.2 Å². The van der Waals surface area contributed by atoms with Crippen LogP contribution in [0.15, 0.2) is 0 Å². The van der Waals surface area contributed by atoms with Crippen LogP contribution in [0.1, 0.15) is 45.2 Å². The van der Waals surface area contributed by atoms with Gasteiger partial charge in [0.05, 0.1) is 19.9 Å². The Kier molecular flexibility index (Phi) is 5.82. The summed E-state index contributed by atoms with van der Waals surface area (Å²) in [4.78, 5) is 18.5. The summed E-state index contributed by atoms with van der Waals surface area (Å²) in [5.74, 6) is 0.332. The first-order valence-electron chi connectivity index (χ1n) is 10.4. The van der Waals surface area contributed by atoms with Gasteiger partial charge in [0, 0.05) is 19.6 Å². The minimum atomic E-state index is 0.145. The fourth-order valence-corrected chi connectivity index (χ4v) is 3.76. The molecular weight excluding hydrogens is 358 g/mol. The molecule has 9 nitrogen and oxygen atoms in total. The Bertz CT molecular complexity index is 801. The zero-order valence-electron chi connectivity index (χ0n) is 16.9. The highest BCUT2D eigenvalue weighted by molar-refractivity contribution is 5.83. The third kappa shape index (κ3) is 3.73. The number of fused-ring (bicyclic) bond motifs is 1. The molecule has 1 unspecified atom stereocenters. The molecule has 0 bridgehead atoms. The van der Waals surface area contributed by atoms with Gasteiger partial charge < -0.3 is 20.1 Å². The molecule has 2 aromatic heterocycles. The third-order valence-electron chi connectivity index (χ3n) is 5.69. The van der Waals surface area contributed by atoms with E-state index in [1.807, 2.05) is 0 Å². The van der Waals surface area contributed by atoms with Crippen LogP contribution in [0.25, 0.3) is 11.2 Å². The minimum Gasteiger partial charge on any atom is -0.468 e. The maximum Gasteiger partial charge on any atom is 0.320 e. The number of nitrogen functional groups attached to an aromatic ring is 1. The van der Waals surface area contributed by atoms with Gasteiger partial charge in [-0.3, -0.25) is 9.47 Å². The maximum atomic E-state index is 6.19. The molecule has 154 valence electrons. The van der Waals surface area contributed by atoms with E-state index in [-0.39, 0.29) is 6.17 Å². The molecule has 0 aromatic carbocycles. The molecule has 28 heavy (non-hydrogen) atoms. The zero-order valence-corrected chi connectivity index (χ0v) is 16.9. The van der Waals surface area contributed by atoms with E-state index in [1.54, 1.807) is 7.11 Å². The van der Waals surface area contributed by atoms with Crippen LogP contribution >= 0.6 is 0 Å². The van der Waals surface area contributed by atoms with Crippen LogP contribution in [0, 0.1) is 0 Å². The van der Waals surface area contributed by atoms with Gasteiger partial charge in [-0.15, -0.1) is 0 Å². The van der Waals surface area contributed by atoms with Crippen molar-refractivity contribution < 1.29 is 9.47 Å². The first-order chi connectivity index (χ1) is 13.7. The number of anilines is 1. The largest absolute Gasteiger partial charge is 0.468 e. The predicted octanol–water partition coefficient (Wildman–Crippen LogP) is 1.90. The van der Waals surface area contributed by atoms with Crippen molar-refractivity contribution in [3.05, 3.63) is 0 Å². The first kappa shape index (κ1) is 19.2. The van der Waals surface area contributed by atoms with E-state index in [4.69, 9.17) is 15.2 Å². The molecule has 0 spiro atoms. The van der Waals surface area contributed by atoms with Crippen molar-refractivity contribution in [2.75, 3.05) is 52.2 Å². The number of ether oxygens (including phenoxy) is 2. The zero-order chi connectivity index (χ0) is 19.5. The molecule has 0 amide bonds. The summed E-state index contributed by atoms with van der Waals surface area (Å²) in [6, 6.07) is 0.842. The maximum absolute atomic E-state index is 6.19. The molecule has 1 atom stereocenters. The van der Waals surface area contributed by atoms with E-state index in [0.29, 0.717) is 35.6 Å². The molecule has 2 fully saturated rings. The topological polar surface area (TPSA) is 94.6 Å². The molecule has 4 heterocycles. The summed E-state index contributed by atoms with van der Waals surface area (Å²) in [6.07, 6.45) is 5.67. The minimum absolute atomic E-state index is 0.145. The van der Waals surface area contributed by atoms with Crippen LogP contribution in [0.4, 0.5) is 5.82 Å². The van der Waals surface area contributed by atoms with Crippen LogP contribution in [0.3, 0.4) is 0 Å². The number of imidazole rings is 1. The van der Waals surface area contributed by atoms with Crippen molar-refractivity contribution in [1.29, 1.82) is 0 Å². The van der Waals surface area contributed by atoms with Gasteiger partial charge in [-0.05, 0) is 38.8 Å². The van der Waals surface area contributed by atoms with Crippen LogP contribution in [0.5, 0.6) is 12.0 Å². The van der Waals surface area contributed by atoms with Crippen LogP contribution in [-0.2, 0) is 0 Å². The Hall–Kier alpha value is -2.13. The second kappa shape index (κ2) is 8.48. The summed E-state index contributed by atoms with van der Waals surface area (Å²) in [6.45, 7) is 8.30. The van der Waals surface area contributed by atoms with E-state index in [0.717, 1.165) is 38.9 Å². The van der Waals surface area contributed by atoms with E-state index < -0.39 is 0 Å². The third-order valence-corrected chi connectivity index (χ3v) is 5.69. The lowest BCUT2D eigenvalue weighted by Gasteiger charge is -2.41. The van der Waals surface area contributed by atoms with Gasteiger partial charge in [-0.1, -0.05) is 13.3 Å². The summed E-state index contributed by atoms with van der Waals surface area (Å²) >= 11 is 0. The molecule has 0 saturated carbocycles. The Morgan fingerprint density at radius 3 is 2.50 bits per heavy atom. The standard InChI is InChI=1S/C19H31N7O2/c1-3-4-13-28-18-22-16(20)15-17(23-18)26(19(21-15)27-2)14(25-10-6-11-25)7-12-24-8-5-9-24/h14H,3-13H2,1-2H3,(H2,20,22,23). The second-order valence-corrected chi connectivity index (χ2v) is 7.59. The lowest BCUT2D eigenvalue weighted by atomic mass is 10.1. The average Bonchev–Trinajstić information content (AvgIpc) is 2.97. The van der Waals surface area contributed by atoms with Crippen molar-refractivity contribution in [1.82, 2.24) is 29.3 Å². The Morgan fingerprint density at radius 2 is 1.89 bits per heavy atom. The average molecular weight is 390 g/mol. The quantitative estimate of drug-likeness (QED) is 0.616. The molecule has 9 heteroatoms. The summed E-state index contributed by atoms with van der Waals surface area (Å²) in [5, 5.41) is 0. The van der Waals surface area contributed by atoms with Crippen LogP contribution in [0.2, 0.25) is 0 Å². The van der Waals surface area contributed by atoms with Gasteiger partial charge in [0.1, 0.15) is 0 Å². The second-order valence-electron chi connectivity index (χ2n) is 7.59. The SMILES string of the molecule is CCCCOc1nc(N)c2nc(OC)n(C(CCN3CCC3)N3CCC3)c2n1. The number of methoxy groups -OCH3 is 1. The monoisotopic (exact) mass is 389 g/mol. The number of hydrogen-bond acceptors (Lipinski definition) is 8. The van der Waals surface area contributed by atoms with Crippen LogP contribution in [-0.4, -0.2) is 75.8 Å². The molecule has 0 aliphatic carbocycles. The van der Waals surface area contributed by atoms with Crippen molar-refractivity contribution >= 4 is 17.0 Å². The number of rotatable bonds is 10. The molecule has 0 radical (unpaired) electrons. The van der Waals surface area contributed by atoms with E-state index in [2.05, 4.69) is 36.2 Å². The van der Waals surface area contributed by atoms with E-state index in [1.165, 1.54) is 25.9 Å². The number of nitrogens with two attached hydrogens (primary N) is 1.